The molecule has 26 heavy (non-hydrogen) atoms. The molecule has 5 nitrogen and oxygen atoms in total. The lowest BCUT2D eigenvalue weighted by Gasteiger charge is -2.27. The number of hydrogen-bond acceptors (Lipinski definition) is 2. The molecule has 0 fully saturated rings. The Morgan fingerprint density at radius 3 is 2.62 bits per heavy atom. The molecular formula is C20H22FN3O2. The first kappa shape index (κ1) is 17.9. The highest BCUT2D eigenvalue weighted by Crippen LogP contribution is 2.28. The molecule has 1 aliphatic rings. The van der Waals surface area contributed by atoms with Crippen LogP contribution in [0.2, 0.25) is 0 Å². The monoisotopic (exact) mass is 355 g/mol. The molecule has 2 aromatic rings. The van der Waals surface area contributed by atoms with E-state index < -0.39 is 0 Å². The van der Waals surface area contributed by atoms with E-state index in [9.17, 15) is 14.0 Å². The van der Waals surface area contributed by atoms with Gasteiger partial charge in [0.2, 0.25) is 5.91 Å². The zero-order chi connectivity index (χ0) is 18.5. The standard InChI is InChI=1S/C20H22FN3O2/c1-2-23(14-19(25)22-13-15-7-9-17(21)10-8-15)20(26)24-12-11-16-5-3-4-6-18(16)24/h3-10H,2,11-14H2,1H3,(H,22,25). The molecule has 0 bridgehead atoms. The molecule has 0 atom stereocenters. The number of nitrogens with one attached hydrogen (secondary N) is 1. The van der Waals surface area contributed by atoms with Crippen LogP contribution >= 0.6 is 0 Å². The van der Waals surface area contributed by atoms with Crippen LogP contribution in [0.15, 0.2) is 48.5 Å². The van der Waals surface area contributed by atoms with Crippen molar-refractivity contribution in [2.45, 2.75) is 19.9 Å². The number of likely N-dealkylation sites (N-methyl/N-ethyl adjacent to an activating group) is 1. The van der Waals surface area contributed by atoms with Crippen molar-refractivity contribution >= 4 is 17.6 Å². The molecule has 0 unspecified atom stereocenters. The smallest absolute Gasteiger partial charge is 0.324 e. The van der Waals surface area contributed by atoms with E-state index in [-0.39, 0.29) is 24.3 Å². The zero-order valence-corrected chi connectivity index (χ0v) is 14.7. The van der Waals surface area contributed by atoms with Gasteiger partial charge in [-0.3, -0.25) is 9.69 Å². The van der Waals surface area contributed by atoms with E-state index in [0.717, 1.165) is 23.2 Å². The quantitative estimate of drug-likeness (QED) is 0.897. The van der Waals surface area contributed by atoms with Gasteiger partial charge >= 0.3 is 6.03 Å². The Morgan fingerprint density at radius 2 is 1.88 bits per heavy atom. The topological polar surface area (TPSA) is 52.7 Å². The predicted molar refractivity (Wildman–Crippen MR) is 98.4 cm³/mol. The van der Waals surface area contributed by atoms with E-state index in [1.165, 1.54) is 17.0 Å². The lowest BCUT2D eigenvalue weighted by atomic mass is 10.2. The van der Waals surface area contributed by atoms with Crippen molar-refractivity contribution in [3.8, 4) is 0 Å². The lowest BCUT2D eigenvalue weighted by Crippen LogP contribution is -2.47. The summed E-state index contributed by atoms with van der Waals surface area (Å²) in [6.45, 7) is 3.23. The van der Waals surface area contributed by atoms with Gasteiger partial charge in [0.1, 0.15) is 12.4 Å². The van der Waals surface area contributed by atoms with E-state index in [4.69, 9.17) is 0 Å². The molecule has 0 aromatic heterocycles. The Balaban J connectivity index is 1.57. The van der Waals surface area contributed by atoms with Crippen LogP contribution in [0.5, 0.6) is 0 Å². The van der Waals surface area contributed by atoms with E-state index in [1.807, 2.05) is 31.2 Å². The summed E-state index contributed by atoms with van der Waals surface area (Å²) >= 11 is 0. The summed E-state index contributed by atoms with van der Waals surface area (Å²) in [6.07, 6.45) is 0.830. The van der Waals surface area contributed by atoms with Crippen LogP contribution in [-0.2, 0) is 17.8 Å². The Morgan fingerprint density at radius 1 is 1.15 bits per heavy atom. The van der Waals surface area contributed by atoms with Gasteiger partial charge in [-0.25, -0.2) is 9.18 Å². The maximum Gasteiger partial charge on any atom is 0.324 e. The fourth-order valence-corrected chi connectivity index (χ4v) is 3.05. The first-order valence-electron chi connectivity index (χ1n) is 8.74. The molecule has 0 aliphatic carbocycles. The number of carbonyl (C=O) groups is 2. The molecular weight excluding hydrogens is 333 g/mol. The number of nitrogens with zero attached hydrogens (tertiary/aromatic N) is 2. The molecule has 0 saturated heterocycles. The Hall–Kier alpha value is -2.89. The Kier molecular flexibility index (Phi) is 5.51. The van der Waals surface area contributed by atoms with E-state index in [0.29, 0.717) is 19.6 Å². The van der Waals surface area contributed by atoms with Crippen LogP contribution in [0.1, 0.15) is 18.1 Å². The minimum absolute atomic E-state index is 0.00477. The summed E-state index contributed by atoms with van der Waals surface area (Å²) in [7, 11) is 0. The molecule has 0 saturated carbocycles. The van der Waals surface area contributed by atoms with Gasteiger partial charge < -0.3 is 10.2 Å². The predicted octanol–water partition coefficient (Wildman–Crippen LogP) is 2.95. The molecule has 1 N–H and O–H groups in total. The third kappa shape index (κ3) is 4.02. The number of rotatable bonds is 5. The number of halogens is 1. The summed E-state index contributed by atoms with van der Waals surface area (Å²) in [5.41, 5.74) is 2.88. The summed E-state index contributed by atoms with van der Waals surface area (Å²) < 4.78 is 12.9. The number of amides is 3. The number of anilines is 1. The van der Waals surface area contributed by atoms with Gasteiger partial charge in [-0.15, -0.1) is 0 Å². The van der Waals surface area contributed by atoms with E-state index in [2.05, 4.69) is 5.32 Å². The minimum Gasteiger partial charge on any atom is -0.350 e. The molecule has 0 radical (unpaired) electrons. The van der Waals surface area contributed by atoms with Crippen molar-refractivity contribution in [2.75, 3.05) is 24.5 Å². The zero-order valence-electron chi connectivity index (χ0n) is 14.7. The van der Waals surface area contributed by atoms with Crippen molar-refractivity contribution in [3.63, 3.8) is 0 Å². The van der Waals surface area contributed by atoms with Gasteiger partial charge in [0, 0.05) is 25.3 Å². The molecule has 1 aliphatic heterocycles. The van der Waals surface area contributed by atoms with Crippen LogP contribution in [-0.4, -0.2) is 36.5 Å². The second kappa shape index (κ2) is 7.99. The van der Waals surface area contributed by atoms with Gasteiger partial charge in [0.25, 0.3) is 0 Å². The van der Waals surface area contributed by atoms with Crippen molar-refractivity contribution in [1.29, 1.82) is 0 Å². The fourth-order valence-electron chi connectivity index (χ4n) is 3.05. The van der Waals surface area contributed by atoms with Crippen molar-refractivity contribution in [1.82, 2.24) is 10.2 Å². The highest BCUT2D eigenvalue weighted by Gasteiger charge is 2.28. The third-order valence-corrected chi connectivity index (χ3v) is 4.51. The summed E-state index contributed by atoms with van der Waals surface area (Å²) in [5, 5.41) is 2.77. The molecule has 3 rings (SSSR count). The molecule has 1 heterocycles. The van der Waals surface area contributed by atoms with Gasteiger partial charge in [-0.05, 0) is 42.7 Å². The summed E-state index contributed by atoms with van der Waals surface area (Å²) in [4.78, 5) is 28.3. The first-order valence-corrected chi connectivity index (χ1v) is 8.74. The van der Waals surface area contributed by atoms with Gasteiger partial charge in [0.15, 0.2) is 0 Å². The number of benzene rings is 2. The maximum atomic E-state index is 12.9. The second-order valence-electron chi connectivity index (χ2n) is 6.23. The SMILES string of the molecule is CCN(CC(=O)NCc1ccc(F)cc1)C(=O)N1CCc2ccccc21. The summed E-state index contributed by atoms with van der Waals surface area (Å²) in [5.74, 6) is -0.550. The number of fused-ring (bicyclic) bond motifs is 1. The average molecular weight is 355 g/mol. The average Bonchev–Trinajstić information content (AvgIpc) is 3.09. The van der Waals surface area contributed by atoms with Gasteiger partial charge in [0.05, 0.1) is 0 Å². The Labute approximate surface area is 152 Å². The van der Waals surface area contributed by atoms with Crippen LogP contribution in [0.25, 0.3) is 0 Å². The number of para-hydroxylation sites is 1. The third-order valence-electron chi connectivity index (χ3n) is 4.51. The fraction of sp³-hybridized carbons (Fsp3) is 0.300. The first-order chi connectivity index (χ1) is 12.6. The molecule has 0 spiro atoms. The minimum atomic E-state index is -0.311. The molecule has 136 valence electrons. The molecule has 3 amide bonds. The van der Waals surface area contributed by atoms with Crippen molar-refractivity contribution in [3.05, 3.63) is 65.5 Å². The van der Waals surface area contributed by atoms with Crippen LogP contribution in [0.4, 0.5) is 14.9 Å². The Bertz CT molecular complexity index is 792. The van der Waals surface area contributed by atoms with Crippen molar-refractivity contribution in [2.24, 2.45) is 0 Å². The second-order valence-corrected chi connectivity index (χ2v) is 6.23. The van der Waals surface area contributed by atoms with Crippen LogP contribution < -0.4 is 10.2 Å². The van der Waals surface area contributed by atoms with E-state index in [1.54, 1.807) is 17.0 Å². The lowest BCUT2D eigenvalue weighted by molar-refractivity contribution is -0.121. The van der Waals surface area contributed by atoms with Crippen molar-refractivity contribution < 1.29 is 14.0 Å². The molecule has 6 heteroatoms. The largest absolute Gasteiger partial charge is 0.350 e. The summed E-state index contributed by atoms with van der Waals surface area (Å²) in [6, 6.07) is 13.6. The van der Waals surface area contributed by atoms with E-state index >= 15 is 0 Å². The van der Waals surface area contributed by atoms with Crippen LogP contribution in [0.3, 0.4) is 0 Å². The molecule has 2 aromatic carbocycles. The van der Waals surface area contributed by atoms with Gasteiger partial charge in [-0.1, -0.05) is 30.3 Å². The van der Waals surface area contributed by atoms with Gasteiger partial charge in [-0.2, -0.15) is 0 Å². The number of carbonyl (C=O) groups excluding carboxylic acids is 2. The van der Waals surface area contributed by atoms with Crippen LogP contribution in [0, 0.1) is 5.82 Å². The normalized spacial score (nSPS) is 12.6. The number of hydrogen-bond donors (Lipinski definition) is 1. The number of urea groups is 1. The maximum absolute atomic E-state index is 12.9. The highest BCUT2D eigenvalue weighted by atomic mass is 19.1. The highest BCUT2D eigenvalue weighted by molar-refractivity contribution is 5.96.